The number of hydrogen-bond acceptors (Lipinski definition) is 6. The van der Waals surface area contributed by atoms with Crippen LogP contribution in [-0.2, 0) is 11.2 Å². The molecular formula is C28H29FN2O5S. The van der Waals surface area contributed by atoms with Crippen molar-refractivity contribution < 1.29 is 28.2 Å². The lowest BCUT2D eigenvalue weighted by atomic mass is 10.00. The van der Waals surface area contributed by atoms with Gasteiger partial charge in [-0.3, -0.25) is 9.59 Å². The average molecular weight is 525 g/mol. The van der Waals surface area contributed by atoms with Crippen LogP contribution in [0.2, 0.25) is 0 Å². The predicted molar refractivity (Wildman–Crippen MR) is 138 cm³/mol. The van der Waals surface area contributed by atoms with Crippen LogP contribution in [0.4, 0.5) is 4.39 Å². The molecule has 0 bridgehead atoms. The molecule has 0 saturated heterocycles. The van der Waals surface area contributed by atoms with E-state index in [1.165, 1.54) is 17.0 Å². The van der Waals surface area contributed by atoms with Crippen molar-refractivity contribution in [1.29, 1.82) is 0 Å². The molecule has 5 rings (SSSR count). The van der Waals surface area contributed by atoms with Crippen LogP contribution in [-0.4, -0.2) is 54.1 Å². The van der Waals surface area contributed by atoms with Gasteiger partial charge in [0.05, 0.1) is 6.04 Å². The normalized spacial score (nSPS) is 16.7. The molecule has 194 valence electrons. The Hall–Kier alpha value is -3.59. The maximum atomic E-state index is 13.7. The molecule has 0 radical (unpaired) electrons. The van der Waals surface area contributed by atoms with Crippen LogP contribution in [0.1, 0.15) is 47.1 Å². The van der Waals surface area contributed by atoms with Gasteiger partial charge < -0.3 is 24.0 Å². The molecule has 0 fully saturated rings. The van der Waals surface area contributed by atoms with Crippen molar-refractivity contribution in [2.45, 2.75) is 38.8 Å². The van der Waals surface area contributed by atoms with E-state index in [9.17, 15) is 14.0 Å². The van der Waals surface area contributed by atoms with E-state index >= 15 is 0 Å². The summed E-state index contributed by atoms with van der Waals surface area (Å²) in [6, 6.07) is 12.6. The summed E-state index contributed by atoms with van der Waals surface area (Å²) >= 11 is 1.66. The topological polar surface area (TPSA) is 68.3 Å². The molecule has 37 heavy (non-hydrogen) atoms. The Morgan fingerprint density at radius 1 is 1.19 bits per heavy atom. The summed E-state index contributed by atoms with van der Waals surface area (Å²) in [5.41, 5.74) is 1.49. The third-order valence-corrected chi connectivity index (χ3v) is 7.92. The number of thiophene rings is 1. The Bertz CT molecular complexity index is 1300. The van der Waals surface area contributed by atoms with Crippen LogP contribution in [0.15, 0.2) is 53.9 Å². The lowest BCUT2D eigenvalue weighted by molar-refractivity contribution is -0.136. The Morgan fingerprint density at radius 2 is 2.03 bits per heavy atom. The molecule has 0 spiro atoms. The molecule has 3 heterocycles. The van der Waals surface area contributed by atoms with Gasteiger partial charge in [0.25, 0.3) is 5.91 Å². The summed E-state index contributed by atoms with van der Waals surface area (Å²) in [4.78, 5) is 31.9. The SMILES string of the molecule is CC[C@H](C)N(CC(=O)N1CCc2sccc2[C@@H]1COc1cccc(F)c1)C(=O)c1ccc2c(c1)OCO2. The molecule has 1 aromatic heterocycles. The van der Waals surface area contributed by atoms with Crippen molar-refractivity contribution in [3.05, 3.63) is 75.7 Å². The van der Waals surface area contributed by atoms with Crippen LogP contribution in [0.5, 0.6) is 17.2 Å². The monoisotopic (exact) mass is 524 g/mol. The van der Waals surface area contributed by atoms with Crippen molar-refractivity contribution in [3.63, 3.8) is 0 Å². The zero-order valence-electron chi connectivity index (χ0n) is 20.8. The molecule has 2 atom stereocenters. The number of benzene rings is 2. The van der Waals surface area contributed by atoms with Gasteiger partial charge in [-0.2, -0.15) is 0 Å². The Kier molecular flexibility index (Phi) is 7.32. The summed E-state index contributed by atoms with van der Waals surface area (Å²) in [5.74, 6) is 0.770. The number of fused-ring (bicyclic) bond motifs is 2. The number of amides is 2. The predicted octanol–water partition coefficient (Wildman–Crippen LogP) is 5.06. The number of carbonyl (C=O) groups excluding carboxylic acids is 2. The largest absolute Gasteiger partial charge is 0.491 e. The molecular weight excluding hydrogens is 495 g/mol. The number of nitrogens with zero attached hydrogens (tertiary/aromatic N) is 2. The Balaban J connectivity index is 1.36. The van der Waals surface area contributed by atoms with Gasteiger partial charge in [0.1, 0.15) is 24.7 Å². The fourth-order valence-electron chi connectivity index (χ4n) is 4.69. The van der Waals surface area contributed by atoms with E-state index in [4.69, 9.17) is 14.2 Å². The molecule has 2 aliphatic rings. The maximum Gasteiger partial charge on any atom is 0.254 e. The molecule has 0 saturated carbocycles. The summed E-state index contributed by atoms with van der Waals surface area (Å²) in [5, 5.41) is 2.02. The van der Waals surface area contributed by atoms with Gasteiger partial charge in [-0.25, -0.2) is 4.39 Å². The number of carbonyl (C=O) groups is 2. The first-order valence-corrected chi connectivity index (χ1v) is 13.3. The first-order chi connectivity index (χ1) is 17.9. The minimum absolute atomic E-state index is 0.0573. The van der Waals surface area contributed by atoms with E-state index in [2.05, 4.69) is 0 Å². The van der Waals surface area contributed by atoms with Crippen molar-refractivity contribution in [2.75, 3.05) is 26.5 Å². The first-order valence-electron chi connectivity index (χ1n) is 12.4. The molecule has 2 amide bonds. The van der Waals surface area contributed by atoms with Crippen LogP contribution in [0, 0.1) is 5.82 Å². The van der Waals surface area contributed by atoms with Gasteiger partial charge in [0.2, 0.25) is 12.7 Å². The molecule has 7 nitrogen and oxygen atoms in total. The quantitative estimate of drug-likeness (QED) is 0.412. The highest BCUT2D eigenvalue weighted by Gasteiger charge is 2.34. The minimum atomic E-state index is -0.378. The molecule has 0 N–H and O–H groups in total. The molecule has 3 aromatic rings. The zero-order chi connectivity index (χ0) is 25.9. The van der Waals surface area contributed by atoms with Gasteiger partial charge in [0, 0.05) is 29.1 Å². The highest BCUT2D eigenvalue weighted by molar-refractivity contribution is 7.10. The fourth-order valence-corrected chi connectivity index (χ4v) is 5.61. The fraction of sp³-hybridized carbons (Fsp3) is 0.357. The van der Waals surface area contributed by atoms with Gasteiger partial charge in [-0.1, -0.05) is 13.0 Å². The lowest BCUT2D eigenvalue weighted by Gasteiger charge is -2.38. The molecule has 2 aliphatic heterocycles. The van der Waals surface area contributed by atoms with Crippen molar-refractivity contribution in [2.24, 2.45) is 0 Å². The number of ether oxygens (including phenoxy) is 3. The van der Waals surface area contributed by atoms with E-state index < -0.39 is 0 Å². The van der Waals surface area contributed by atoms with Crippen molar-refractivity contribution in [1.82, 2.24) is 9.80 Å². The van der Waals surface area contributed by atoms with E-state index in [0.717, 1.165) is 12.0 Å². The van der Waals surface area contributed by atoms with E-state index in [1.54, 1.807) is 51.5 Å². The molecule has 0 unspecified atom stereocenters. The standard InChI is InChI=1S/C28H29FN2O5S/c1-3-18(2)31(28(33)19-7-8-24-25(13-19)36-17-35-24)15-27(32)30-11-9-26-22(10-12-37-26)23(30)16-34-21-6-4-5-20(29)14-21/h4-8,10,12-14,18,23H,3,9,11,15-17H2,1-2H3/t18-,23-/m0/s1. The first kappa shape index (κ1) is 25.1. The van der Waals surface area contributed by atoms with Crippen LogP contribution >= 0.6 is 11.3 Å². The highest BCUT2D eigenvalue weighted by Crippen LogP contribution is 2.35. The highest BCUT2D eigenvalue weighted by atomic mass is 32.1. The van der Waals surface area contributed by atoms with E-state index in [1.807, 2.05) is 25.3 Å². The summed E-state index contributed by atoms with van der Waals surface area (Å²) in [7, 11) is 0. The van der Waals surface area contributed by atoms with Gasteiger partial charge >= 0.3 is 0 Å². The summed E-state index contributed by atoms with van der Waals surface area (Å²) < 4.78 is 30.4. The molecule has 9 heteroatoms. The third-order valence-electron chi connectivity index (χ3n) is 6.93. The van der Waals surface area contributed by atoms with Gasteiger partial charge in [0.15, 0.2) is 11.5 Å². The number of hydrogen-bond donors (Lipinski definition) is 0. The molecule has 0 aliphatic carbocycles. The van der Waals surface area contributed by atoms with E-state index in [-0.39, 0.29) is 49.7 Å². The smallest absolute Gasteiger partial charge is 0.254 e. The second kappa shape index (κ2) is 10.8. The summed E-state index contributed by atoms with van der Waals surface area (Å²) in [6.45, 7) is 4.71. The van der Waals surface area contributed by atoms with Gasteiger partial charge in [-0.05, 0) is 67.1 Å². The number of halogens is 1. The lowest BCUT2D eigenvalue weighted by Crippen LogP contribution is -2.49. The second-order valence-electron chi connectivity index (χ2n) is 9.18. The molecule has 2 aromatic carbocycles. The van der Waals surface area contributed by atoms with Crippen molar-refractivity contribution >= 4 is 23.2 Å². The minimum Gasteiger partial charge on any atom is -0.491 e. The average Bonchev–Trinajstić information content (AvgIpc) is 3.58. The second-order valence-corrected chi connectivity index (χ2v) is 10.2. The zero-order valence-corrected chi connectivity index (χ0v) is 21.6. The van der Waals surface area contributed by atoms with Crippen LogP contribution in [0.25, 0.3) is 0 Å². The van der Waals surface area contributed by atoms with Gasteiger partial charge in [-0.15, -0.1) is 11.3 Å². The van der Waals surface area contributed by atoms with Crippen LogP contribution in [0.3, 0.4) is 0 Å². The summed E-state index contributed by atoms with van der Waals surface area (Å²) in [6.07, 6.45) is 1.44. The maximum absolute atomic E-state index is 13.7. The van der Waals surface area contributed by atoms with Crippen molar-refractivity contribution in [3.8, 4) is 17.2 Å². The number of rotatable bonds is 8. The van der Waals surface area contributed by atoms with E-state index in [0.29, 0.717) is 35.8 Å². The Labute approximate surface area is 219 Å². The third kappa shape index (κ3) is 5.27. The van der Waals surface area contributed by atoms with Crippen LogP contribution < -0.4 is 14.2 Å². The Morgan fingerprint density at radius 3 is 2.84 bits per heavy atom.